The number of hydrogen-bond acceptors (Lipinski definition) is 2. The van der Waals surface area contributed by atoms with Crippen LogP contribution in [0, 0.1) is 11.6 Å². The lowest BCUT2D eigenvalue weighted by atomic mass is 9.94. The second-order valence-corrected chi connectivity index (χ2v) is 5.71. The maximum atomic E-state index is 13.4. The van der Waals surface area contributed by atoms with Crippen molar-refractivity contribution in [1.29, 1.82) is 0 Å². The molecule has 1 aromatic carbocycles. The first-order valence-corrected chi connectivity index (χ1v) is 7.12. The number of benzene rings is 1. The van der Waals surface area contributed by atoms with Gasteiger partial charge in [0, 0.05) is 19.2 Å². The second-order valence-electron chi connectivity index (χ2n) is 5.71. The largest absolute Gasteiger partial charge is 0.379 e. The molecule has 0 saturated heterocycles. The minimum atomic E-state index is -0.533. The van der Waals surface area contributed by atoms with E-state index in [0.29, 0.717) is 5.56 Å². The summed E-state index contributed by atoms with van der Waals surface area (Å²) in [4.78, 5) is 0. The van der Waals surface area contributed by atoms with E-state index in [4.69, 9.17) is 4.74 Å². The number of methoxy groups -OCH3 is 1. The summed E-state index contributed by atoms with van der Waals surface area (Å²) in [5.41, 5.74) is 0.417. The summed E-state index contributed by atoms with van der Waals surface area (Å²) in [6, 6.07) is 3.64. The molecule has 0 saturated carbocycles. The van der Waals surface area contributed by atoms with Crippen LogP contribution >= 0.6 is 0 Å². The fraction of sp³-hybridized carbons (Fsp3) is 0.625. The van der Waals surface area contributed by atoms with E-state index in [2.05, 4.69) is 12.2 Å². The Morgan fingerprint density at radius 1 is 1.20 bits per heavy atom. The molecule has 1 N–H and O–H groups in total. The van der Waals surface area contributed by atoms with Crippen molar-refractivity contribution in [2.45, 2.75) is 51.7 Å². The third-order valence-corrected chi connectivity index (χ3v) is 3.52. The van der Waals surface area contributed by atoms with Crippen LogP contribution in [0.1, 0.15) is 51.6 Å². The quantitative estimate of drug-likeness (QED) is 0.772. The van der Waals surface area contributed by atoms with Gasteiger partial charge in [0.1, 0.15) is 11.6 Å². The Labute approximate surface area is 120 Å². The van der Waals surface area contributed by atoms with Gasteiger partial charge >= 0.3 is 0 Å². The Kier molecular flexibility index (Phi) is 6.56. The summed E-state index contributed by atoms with van der Waals surface area (Å²) < 4.78 is 32.1. The zero-order valence-corrected chi connectivity index (χ0v) is 12.8. The summed E-state index contributed by atoms with van der Waals surface area (Å²) in [5, 5.41) is 3.35. The third kappa shape index (κ3) is 5.55. The van der Waals surface area contributed by atoms with Crippen molar-refractivity contribution in [3.05, 3.63) is 35.4 Å². The minimum Gasteiger partial charge on any atom is -0.379 e. The zero-order chi connectivity index (χ0) is 15.2. The van der Waals surface area contributed by atoms with Gasteiger partial charge in [-0.2, -0.15) is 0 Å². The Bertz CT molecular complexity index is 401. The Balaban J connectivity index is 2.82. The van der Waals surface area contributed by atoms with E-state index in [1.54, 1.807) is 7.11 Å². The van der Waals surface area contributed by atoms with Crippen molar-refractivity contribution < 1.29 is 13.5 Å². The van der Waals surface area contributed by atoms with Crippen LogP contribution in [0.15, 0.2) is 18.2 Å². The molecule has 20 heavy (non-hydrogen) atoms. The van der Waals surface area contributed by atoms with Gasteiger partial charge in [0.25, 0.3) is 0 Å². The average Bonchev–Trinajstić information content (AvgIpc) is 2.37. The highest BCUT2D eigenvalue weighted by Gasteiger charge is 2.20. The van der Waals surface area contributed by atoms with Crippen LogP contribution < -0.4 is 5.32 Å². The molecule has 0 spiro atoms. The van der Waals surface area contributed by atoms with E-state index in [9.17, 15) is 8.78 Å². The normalized spacial score (nSPS) is 13.5. The summed E-state index contributed by atoms with van der Waals surface area (Å²) in [5.74, 6) is -1.07. The first-order valence-electron chi connectivity index (χ1n) is 7.12. The Hall–Kier alpha value is -1.00. The standard InChI is InChI=1S/C16H25F2NO/c1-5-8-19-15(6-7-16(2,3)20-4)12-9-13(17)11-14(18)10-12/h9-11,15,19H,5-8H2,1-4H3. The monoisotopic (exact) mass is 285 g/mol. The van der Waals surface area contributed by atoms with Crippen LogP contribution in [0.5, 0.6) is 0 Å². The molecule has 0 aliphatic rings. The van der Waals surface area contributed by atoms with Crippen molar-refractivity contribution in [3.63, 3.8) is 0 Å². The van der Waals surface area contributed by atoms with Gasteiger partial charge < -0.3 is 10.1 Å². The van der Waals surface area contributed by atoms with Crippen LogP contribution in [-0.4, -0.2) is 19.3 Å². The molecule has 0 heterocycles. The van der Waals surface area contributed by atoms with Gasteiger partial charge in [-0.1, -0.05) is 6.92 Å². The van der Waals surface area contributed by atoms with Crippen molar-refractivity contribution in [3.8, 4) is 0 Å². The highest BCUT2D eigenvalue weighted by atomic mass is 19.1. The lowest BCUT2D eigenvalue weighted by Crippen LogP contribution is -2.28. The number of rotatable bonds is 8. The van der Waals surface area contributed by atoms with Crippen LogP contribution in [0.4, 0.5) is 8.78 Å². The molecule has 0 aromatic heterocycles. The molecule has 0 radical (unpaired) electrons. The number of hydrogen-bond donors (Lipinski definition) is 1. The van der Waals surface area contributed by atoms with Gasteiger partial charge in [-0.15, -0.1) is 0 Å². The van der Waals surface area contributed by atoms with Gasteiger partial charge in [-0.3, -0.25) is 0 Å². The predicted octanol–water partition coefficient (Wildman–Crippen LogP) is 4.21. The Morgan fingerprint density at radius 3 is 2.30 bits per heavy atom. The molecule has 1 unspecified atom stereocenters. The van der Waals surface area contributed by atoms with Crippen molar-refractivity contribution in [2.75, 3.05) is 13.7 Å². The van der Waals surface area contributed by atoms with E-state index in [1.807, 2.05) is 13.8 Å². The molecule has 0 aliphatic carbocycles. The highest BCUT2D eigenvalue weighted by molar-refractivity contribution is 5.21. The number of halogens is 2. The van der Waals surface area contributed by atoms with Crippen LogP contribution in [-0.2, 0) is 4.74 Å². The van der Waals surface area contributed by atoms with Gasteiger partial charge in [0.2, 0.25) is 0 Å². The van der Waals surface area contributed by atoms with E-state index in [1.165, 1.54) is 12.1 Å². The van der Waals surface area contributed by atoms with Crippen molar-refractivity contribution >= 4 is 0 Å². The molecule has 1 rings (SSSR count). The van der Waals surface area contributed by atoms with Gasteiger partial charge in [0.15, 0.2) is 0 Å². The van der Waals surface area contributed by atoms with Gasteiger partial charge in [0.05, 0.1) is 5.60 Å². The van der Waals surface area contributed by atoms with Crippen LogP contribution in [0.25, 0.3) is 0 Å². The van der Waals surface area contributed by atoms with Gasteiger partial charge in [-0.25, -0.2) is 8.78 Å². The minimum absolute atomic E-state index is 0.0606. The molecule has 1 atom stereocenters. The molecule has 4 heteroatoms. The number of nitrogens with one attached hydrogen (secondary N) is 1. The lowest BCUT2D eigenvalue weighted by molar-refractivity contribution is 0.0116. The van der Waals surface area contributed by atoms with E-state index < -0.39 is 11.6 Å². The van der Waals surface area contributed by atoms with Gasteiger partial charge in [-0.05, 0) is 57.4 Å². The molecule has 0 fully saturated rings. The summed E-state index contributed by atoms with van der Waals surface area (Å²) >= 11 is 0. The first-order chi connectivity index (χ1) is 9.38. The predicted molar refractivity (Wildman–Crippen MR) is 77.7 cm³/mol. The van der Waals surface area contributed by atoms with E-state index in [0.717, 1.165) is 31.9 Å². The molecular weight excluding hydrogens is 260 g/mol. The topological polar surface area (TPSA) is 21.3 Å². The van der Waals surface area contributed by atoms with Crippen molar-refractivity contribution in [2.24, 2.45) is 0 Å². The van der Waals surface area contributed by atoms with Crippen LogP contribution in [0.3, 0.4) is 0 Å². The summed E-state index contributed by atoms with van der Waals surface area (Å²) in [6.07, 6.45) is 2.55. The third-order valence-electron chi connectivity index (χ3n) is 3.52. The molecule has 0 aliphatic heterocycles. The molecule has 114 valence electrons. The number of ether oxygens (including phenoxy) is 1. The summed E-state index contributed by atoms with van der Waals surface area (Å²) in [7, 11) is 1.68. The van der Waals surface area contributed by atoms with Crippen LogP contribution in [0.2, 0.25) is 0 Å². The van der Waals surface area contributed by atoms with E-state index in [-0.39, 0.29) is 11.6 Å². The molecule has 0 amide bonds. The Morgan fingerprint density at radius 2 is 1.80 bits per heavy atom. The maximum absolute atomic E-state index is 13.4. The fourth-order valence-corrected chi connectivity index (χ4v) is 2.08. The second kappa shape index (κ2) is 7.70. The first kappa shape index (κ1) is 17.1. The van der Waals surface area contributed by atoms with E-state index >= 15 is 0 Å². The molecule has 2 nitrogen and oxygen atoms in total. The summed E-state index contributed by atoms with van der Waals surface area (Å²) in [6.45, 7) is 6.90. The molecule has 1 aromatic rings. The molecule has 0 bridgehead atoms. The fourth-order valence-electron chi connectivity index (χ4n) is 2.08. The SMILES string of the molecule is CCCNC(CCC(C)(C)OC)c1cc(F)cc(F)c1. The zero-order valence-electron chi connectivity index (χ0n) is 12.8. The van der Waals surface area contributed by atoms with Crippen molar-refractivity contribution in [1.82, 2.24) is 5.32 Å². The smallest absolute Gasteiger partial charge is 0.126 e. The average molecular weight is 285 g/mol. The molecular formula is C16H25F2NO. The lowest BCUT2D eigenvalue weighted by Gasteiger charge is -2.27. The highest BCUT2D eigenvalue weighted by Crippen LogP contribution is 2.25. The maximum Gasteiger partial charge on any atom is 0.126 e.